The molecule has 0 bridgehead atoms. The normalized spacial score (nSPS) is 16.2. The van der Waals surface area contributed by atoms with Crippen molar-refractivity contribution >= 4 is 17.7 Å². The van der Waals surface area contributed by atoms with Gasteiger partial charge in [0, 0.05) is 6.04 Å². The first-order chi connectivity index (χ1) is 12.3. The summed E-state index contributed by atoms with van der Waals surface area (Å²) in [6.45, 7) is 0.612. The zero-order chi connectivity index (χ0) is 17.3. The van der Waals surface area contributed by atoms with Gasteiger partial charge in [-0.1, -0.05) is 74.2 Å². The van der Waals surface area contributed by atoms with Crippen molar-refractivity contribution in [3.05, 3.63) is 35.9 Å². The van der Waals surface area contributed by atoms with Crippen LogP contribution in [0, 0.1) is 0 Å². The van der Waals surface area contributed by atoms with Gasteiger partial charge >= 0.3 is 0 Å². The highest BCUT2D eigenvalue weighted by Crippen LogP contribution is 2.18. The molecule has 0 aliphatic heterocycles. The van der Waals surface area contributed by atoms with Crippen LogP contribution in [0.1, 0.15) is 50.5 Å². The van der Waals surface area contributed by atoms with E-state index in [-0.39, 0.29) is 5.91 Å². The van der Waals surface area contributed by atoms with Crippen molar-refractivity contribution in [2.45, 2.75) is 62.7 Å². The maximum absolute atomic E-state index is 12.3. The molecule has 1 heterocycles. The Morgan fingerprint density at radius 2 is 1.84 bits per heavy atom. The second-order valence-corrected chi connectivity index (χ2v) is 7.45. The lowest BCUT2D eigenvalue weighted by molar-refractivity contribution is -0.119. The number of nitrogens with zero attached hydrogens (tertiary/aromatic N) is 4. The summed E-state index contributed by atoms with van der Waals surface area (Å²) in [5, 5.41) is 15.7. The Kier molecular flexibility index (Phi) is 6.85. The van der Waals surface area contributed by atoms with Crippen molar-refractivity contribution in [1.82, 2.24) is 25.5 Å². The molecule has 0 unspecified atom stereocenters. The van der Waals surface area contributed by atoms with Crippen molar-refractivity contribution in [1.29, 1.82) is 0 Å². The fourth-order valence-electron chi connectivity index (χ4n) is 3.16. The first kappa shape index (κ1) is 17.9. The zero-order valence-corrected chi connectivity index (χ0v) is 15.2. The molecule has 0 atom stereocenters. The van der Waals surface area contributed by atoms with Crippen LogP contribution in [-0.2, 0) is 11.3 Å². The van der Waals surface area contributed by atoms with E-state index in [0.717, 1.165) is 18.4 Å². The minimum atomic E-state index is 0.0739. The van der Waals surface area contributed by atoms with Crippen molar-refractivity contribution in [2.24, 2.45) is 0 Å². The van der Waals surface area contributed by atoms with Gasteiger partial charge in [-0.2, -0.15) is 0 Å². The highest BCUT2D eigenvalue weighted by molar-refractivity contribution is 7.99. The number of amides is 1. The smallest absolute Gasteiger partial charge is 0.230 e. The van der Waals surface area contributed by atoms with E-state index in [1.54, 1.807) is 4.68 Å². The van der Waals surface area contributed by atoms with E-state index in [0.29, 0.717) is 23.5 Å². The molecular formula is C18H25N5OS. The molecule has 6 nitrogen and oxygen atoms in total. The first-order valence-electron chi connectivity index (χ1n) is 9.03. The Morgan fingerprint density at radius 3 is 2.60 bits per heavy atom. The highest BCUT2D eigenvalue weighted by atomic mass is 32.2. The van der Waals surface area contributed by atoms with E-state index in [9.17, 15) is 4.79 Å². The predicted octanol–water partition coefficient (Wildman–Crippen LogP) is 3.04. The number of aromatic nitrogens is 4. The molecule has 1 aliphatic carbocycles. The van der Waals surface area contributed by atoms with Gasteiger partial charge in [0.1, 0.15) is 0 Å². The number of rotatable bonds is 6. The summed E-state index contributed by atoms with van der Waals surface area (Å²) >= 11 is 1.39. The average Bonchev–Trinajstić information content (AvgIpc) is 3.03. The number of nitrogens with one attached hydrogen (secondary N) is 1. The Morgan fingerprint density at radius 1 is 1.12 bits per heavy atom. The third-order valence-electron chi connectivity index (χ3n) is 4.48. The maximum Gasteiger partial charge on any atom is 0.230 e. The number of carbonyl (C=O) groups is 1. The van der Waals surface area contributed by atoms with E-state index in [1.165, 1.54) is 43.9 Å². The van der Waals surface area contributed by atoms with Crippen LogP contribution < -0.4 is 5.32 Å². The minimum absolute atomic E-state index is 0.0739. The Bertz CT molecular complexity index is 652. The quantitative estimate of drug-likeness (QED) is 0.803. The summed E-state index contributed by atoms with van der Waals surface area (Å²) in [5.74, 6) is 0.427. The van der Waals surface area contributed by atoms with E-state index < -0.39 is 0 Å². The van der Waals surface area contributed by atoms with Gasteiger partial charge in [-0.25, -0.2) is 4.68 Å². The summed E-state index contributed by atoms with van der Waals surface area (Å²) in [4.78, 5) is 12.3. The molecule has 1 amide bonds. The van der Waals surface area contributed by atoms with Crippen LogP contribution in [0.2, 0.25) is 0 Å². The molecule has 2 aromatic rings. The number of hydrogen-bond acceptors (Lipinski definition) is 5. The zero-order valence-electron chi connectivity index (χ0n) is 14.4. The number of benzene rings is 1. The number of carbonyl (C=O) groups excluding carboxylic acids is 1. The van der Waals surface area contributed by atoms with Crippen LogP contribution in [0.4, 0.5) is 0 Å². The molecule has 0 saturated heterocycles. The molecular weight excluding hydrogens is 334 g/mol. The Labute approximate surface area is 152 Å². The molecule has 0 spiro atoms. The third-order valence-corrected chi connectivity index (χ3v) is 5.43. The molecule has 1 fully saturated rings. The van der Waals surface area contributed by atoms with Gasteiger partial charge in [-0.05, 0) is 28.8 Å². The summed E-state index contributed by atoms with van der Waals surface area (Å²) in [5.41, 5.74) is 1.13. The SMILES string of the molecule is O=C(CSc1nnnn1Cc1ccccc1)NC1CCCCCCC1. The van der Waals surface area contributed by atoms with E-state index >= 15 is 0 Å². The predicted molar refractivity (Wildman–Crippen MR) is 98.3 cm³/mol. The molecule has 1 saturated carbocycles. The third kappa shape index (κ3) is 5.85. The van der Waals surface area contributed by atoms with Crippen molar-refractivity contribution in [3.63, 3.8) is 0 Å². The second kappa shape index (κ2) is 9.56. The summed E-state index contributed by atoms with van der Waals surface area (Å²) < 4.78 is 1.74. The second-order valence-electron chi connectivity index (χ2n) is 6.50. The molecule has 1 aliphatic rings. The summed E-state index contributed by atoms with van der Waals surface area (Å²) in [6, 6.07) is 10.4. The van der Waals surface area contributed by atoms with Crippen LogP contribution >= 0.6 is 11.8 Å². The van der Waals surface area contributed by atoms with Crippen LogP contribution in [0.15, 0.2) is 35.5 Å². The first-order valence-corrected chi connectivity index (χ1v) is 10.0. The van der Waals surface area contributed by atoms with Crippen LogP contribution in [-0.4, -0.2) is 37.9 Å². The lowest BCUT2D eigenvalue weighted by atomic mass is 9.97. The highest BCUT2D eigenvalue weighted by Gasteiger charge is 2.15. The lowest BCUT2D eigenvalue weighted by Gasteiger charge is -2.20. The van der Waals surface area contributed by atoms with Gasteiger partial charge in [-0.3, -0.25) is 4.79 Å². The molecule has 1 aromatic carbocycles. The maximum atomic E-state index is 12.3. The average molecular weight is 359 g/mol. The van der Waals surface area contributed by atoms with Gasteiger partial charge < -0.3 is 5.32 Å². The molecule has 1 N–H and O–H groups in total. The van der Waals surface area contributed by atoms with Gasteiger partial charge in [-0.15, -0.1) is 5.10 Å². The Hall–Kier alpha value is -1.89. The molecule has 0 radical (unpaired) electrons. The lowest BCUT2D eigenvalue weighted by Crippen LogP contribution is -2.36. The number of thioether (sulfide) groups is 1. The topological polar surface area (TPSA) is 72.7 Å². The van der Waals surface area contributed by atoms with Crippen molar-refractivity contribution < 1.29 is 4.79 Å². The van der Waals surface area contributed by atoms with E-state index in [1.807, 2.05) is 30.3 Å². The number of hydrogen-bond donors (Lipinski definition) is 1. The molecule has 3 rings (SSSR count). The summed E-state index contributed by atoms with van der Waals surface area (Å²) in [6.07, 6.45) is 8.54. The molecule has 134 valence electrons. The van der Waals surface area contributed by atoms with E-state index in [2.05, 4.69) is 20.8 Å². The van der Waals surface area contributed by atoms with Crippen molar-refractivity contribution in [3.8, 4) is 0 Å². The number of tetrazole rings is 1. The van der Waals surface area contributed by atoms with Gasteiger partial charge in [0.2, 0.25) is 11.1 Å². The Balaban J connectivity index is 1.48. The standard InChI is InChI=1S/C18H25N5OS/c24-17(19-16-11-7-2-1-3-8-12-16)14-25-18-20-21-22-23(18)13-15-9-5-4-6-10-15/h4-6,9-10,16H,1-3,7-8,11-14H2,(H,19,24). The van der Waals surface area contributed by atoms with Crippen LogP contribution in [0.3, 0.4) is 0 Å². The van der Waals surface area contributed by atoms with Crippen LogP contribution in [0.25, 0.3) is 0 Å². The molecule has 1 aromatic heterocycles. The monoisotopic (exact) mass is 359 g/mol. The fraction of sp³-hybridized carbons (Fsp3) is 0.556. The largest absolute Gasteiger partial charge is 0.353 e. The van der Waals surface area contributed by atoms with E-state index in [4.69, 9.17) is 0 Å². The molecule has 25 heavy (non-hydrogen) atoms. The minimum Gasteiger partial charge on any atom is -0.353 e. The van der Waals surface area contributed by atoms with Gasteiger partial charge in [0.15, 0.2) is 0 Å². The van der Waals surface area contributed by atoms with Crippen molar-refractivity contribution in [2.75, 3.05) is 5.75 Å². The summed E-state index contributed by atoms with van der Waals surface area (Å²) in [7, 11) is 0. The van der Waals surface area contributed by atoms with Gasteiger partial charge in [0.25, 0.3) is 0 Å². The van der Waals surface area contributed by atoms with Crippen LogP contribution in [0.5, 0.6) is 0 Å². The fourth-order valence-corrected chi connectivity index (χ4v) is 3.84. The van der Waals surface area contributed by atoms with Gasteiger partial charge in [0.05, 0.1) is 12.3 Å². The molecule has 7 heteroatoms.